The van der Waals surface area contributed by atoms with Crippen molar-refractivity contribution in [2.24, 2.45) is 0 Å². The SMILES string of the molecule is COc1ccc(OC2CCC2)c(OC)c1S(=O)(=O)Nc1noc2cc(Cn3cccn3)cc(OC)c12. The van der Waals surface area contributed by atoms with Crippen molar-refractivity contribution in [3.63, 3.8) is 0 Å². The Kier molecular flexibility index (Phi) is 6.35. The Morgan fingerprint density at radius 1 is 1.08 bits per heavy atom. The van der Waals surface area contributed by atoms with Crippen molar-refractivity contribution in [2.75, 3.05) is 26.1 Å². The minimum atomic E-state index is -4.26. The second kappa shape index (κ2) is 9.61. The lowest BCUT2D eigenvalue weighted by molar-refractivity contribution is 0.115. The molecule has 1 aliphatic rings. The molecule has 0 bridgehead atoms. The second-order valence-electron chi connectivity index (χ2n) is 8.31. The number of sulfonamides is 1. The Balaban J connectivity index is 1.53. The van der Waals surface area contributed by atoms with Gasteiger partial charge >= 0.3 is 0 Å². The largest absolute Gasteiger partial charge is 0.496 e. The maximum absolute atomic E-state index is 13.6. The molecule has 190 valence electrons. The van der Waals surface area contributed by atoms with E-state index in [9.17, 15) is 8.42 Å². The van der Waals surface area contributed by atoms with Crippen LogP contribution in [0.5, 0.6) is 23.0 Å². The first-order chi connectivity index (χ1) is 17.4. The summed E-state index contributed by atoms with van der Waals surface area (Å²) in [5.41, 5.74) is 1.20. The van der Waals surface area contributed by atoms with Gasteiger partial charge in [0.05, 0.1) is 34.0 Å². The van der Waals surface area contributed by atoms with Crippen LogP contribution in [0.3, 0.4) is 0 Å². The highest BCUT2D eigenvalue weighted by molar-refractivity contribution is 7.93. The van der Waals surface area contributed by atoms with Crippen LogP contribution < -0.4 is 23.7 Å². The first-order valence-corrected chi connectivity index (χ1v) is 12.8. The van der Waals surface area contributed by atoms with E-state index in [4.69, 9.17) is 23.5 Å². The summed E-state index contributed by atoms with van der Waals surface area (Å²) in [4.78, 5) is -0.199. The molecule has 12 heteroatoms. The molecule has 5 rings (SSSR count). The molecule has 1 saturated carbocycles. The maximum atomic E-state index is 13.6. The number of hydrogen-bond donors (Lipinski definition) is 1. The van der Waals surface area contributed by atoms with Gasteiger partial charge in [-0.05, 0) is 55.2 Å². The van der Waals surface area contributed by atoms with Crippen molar-refractivity contribution in [3.8, 4) is 23.0 Å². The van der Waals surface area contributed by atoms with Gasteiger partial charge in [0.15, 0.2) is 27.8 Å². The van der Waals surface area contributed by atoms with Crippen LogP contribution in [0, 0.1) is 0 Å². The zero-order valence-corrected chi connectivity index (χ0v) is 20.9. The van der Waals surface area contributed by atoms with Crippen molar-refractivity contribution < 1.29 is 31.9 Å². The van der Waals surface area contributed by atoms with Crippen LogP contribution in [0.15, 0.2) is 52.1 Å². The molecule has 11 nitrogen and oxygen atoms in total. The highest BCUT2D eigenvalue weighted by Crippen LogP contribution is 2.44. The summed E-state index contributed by atoms with van der Waals surface area (Å²) < 4.78 is 59.4. The average molecular weight is 515 g/mol. The van der Waals surface area contributed by atoms with E-state index in [1.807, 2.05) is 12.3 Å². The summed E-state index contributed by atoms with van der Waals surface area (Å²) in [6.45, 7) is 0.475. The number of aromatic nitrogens is 3. The molecule has 4 aromatic rings. The highest BCUT2D eigenvalue weighted by Gasteiger charge is 2.32. The van der Waals surface area contributed by atoms with E-state index in [0.717, 1.165) is 24.8 Å². The molecule has 1 N–H and O–H groups in total. The molecule has 0 unspecified atom stereocenters. The third kappa shape index (κ3) is 4.39. The molecule has 0 spiro atoms. The molecule has 2 aromatic heterocycles. The van der Waals surface area contributed by atoms with Crippen LogP contribution in [0.1, 0.15) is 24.8 Å². The molecule has 0 atom stereocenters. The Morgan fingerprint density at radius 3 is 2.50 bits per heavy atom. The van der Waals surface area contributed by atoms with Gasteiger partial charge < -0.3 is 23.5 Å². The van der Waals surface area contributed by atoms with Gasteiger partial charge in [0.1, 0.15) is 16.9 Å². The first kappa shape index (κ1) is 23.8. The Morgan fingerprint density at radius 2 is 1.86 bits per heavy atom. The van der Waals surface area contributed by atoms with E-state index in [1.165, 1.54) is 27.4 Å². The maximum Gasteiger partial charge on any atom is 0.270 e. The highest BCUT2D eigenvalue weighted by atomic mass is 32.2. The number of hydrogen-bond acceptors (Lipinski definition) is 9. The van der Waals surface area contributed by atoms with Crippen LogP contribution >= 0.6 is 0 Å². The lowest BCUT2D eigenvalue weighted by Crippen LogP contribution is -2.25. The van der Waals surface area contributed by atoms with Crippen LogP contribution in [0.2, 0.25) is 0 Å². The van der Waals surface area contributed by atoms with Crippen molar-refractivity contribution in [1.29, 1.82) is 0 Å². The number of rotatable bonds is 10. The lowest BCUT2D eigenvalue weighted by Gasteiger charge is -2.28. The number of anilines is 1. The summed E-state index contributed by atoms with van der Waals surface area (Å²) in [6.07, 6.45) is 6.42. The third-order valence-corrected chi connectivity index (χ3v) is 7.42. The molecular formula is C24H26N4O7S. The monoisotopic (exact) mass is 514 g/mol. The molecule has 0 saturated heterocycles. The van der Waals surface area contributed by atoms with E-state index in [2.05, 4.69) is 15.0 Å². The number of methoxy groups -OCH3 is 3. The number of ether oxygens (including phenoxy) is 4. The Labute approximate surface area is 207 Å². The minimum Gasteiger partial charge on any atom is -0.496 e. The molecule has 0 radical (unpaired) electrons. The molecule has 0 amide bonds. The van der Waals surface area contributed by atoms with E-state index in [1.54, 1.807) is 29.1 Å². The lowest BCUT2D eigenvalue weighted by atomic mass is 9.96. The van der Waals surface area contributed by atoms with Gasteiger partial charge in [0, 0.05) is 12.4 Å². The fourth-order valence-corrected chi connectivity index (χ4v) is 5.41. The summed E-state index contributed by atoms with van der Waals surface area (Å²) in [6, 6.07) is 8.55. The van der Waals surface area contributed by atoms with Gasteiger partial charge in [-0.25, -0.2) is 8.42 Å². The van der Waals surface area contributed by atoms with Crippen molar-refractivity contribution in [1.82, 2.24) is 14.9 Å². The Bertz CT molecular complexity index is 1480. The van der Waals surface area contributed by atoms with Gasteiger partial charge in [-0.15, -0.1) is 0 Å². The zero-order valence-electron chi connectivity index (χ0n) is 20.1. The van der Waals surface area contributed by atoms with Crippen molar-refractivity contribution in [3.05, 3.63) is 48.3 Å². The number of nitrogens with zero attached hydrogens (tertiary/aromatic N) is 3. The Hall–Kier alpha value is -3.93. The number of nitrogens with one attached hydrogen (secondary N) is 1. The van der Waals surface area contributed by atoms with Crippen LogP contribution in [-0.4, -0.2) is 50.8 Å². The average Bonchev–Trinajstić information content (AvgIpc) is 3.50. The summed E-state index contributed by atoms with van der Waals surface area (Å²) in [7, 11) is 0.00647. The van der Waals surface area contributed by atoms with Gasteiger partial charge in [-0.1, -0.05) is 5.16 Å². The molecule has 1 aliphatic carbocycles. The number of fused-ring (bicyclic) bond motifs is 1. The topological polar surface area (TPSA) is 127 Å². The van der Waals surface area contributed by atoms with Crippen molar-refractivity contribution >= 4 is 26.8 Å². The standard InChI is InChI=1S/C24H26N4O7S/c1-31-18-9-8-17(34-16-6-4-7-16)22(33-3)23(18)36(29,30)27-24-21-19(32-2)12-15(13-20(21)35-26-24)14-28-11-5-10-25-28/h5,8-13,16H,4,6-7,14H2,1-3H3,(H,26,27). The van der Waals surface area contributed by atoms with Gasteiger partial charge in [-0.3, -0.25) is 9.40 Å². The fraction of sp³-hybridized carbons (Fsp3) is 0.333. The second-order valence-corrected chi connectivity index (χ2v) is 9.93. The fourth-order valence-electron chi connectivity index (χ4n) is 4.07. The van der Waals surface area contributed by atoms with E-state index >= 15 is 0 Å². The predicted molar refractivity (Wildman–Crippen MR) is 131 cm³/mol. The van der Waals surface area contributed by atoms with Gasteiger partial charge in [0.2, 0.25) is 0 Å². The quantitative estimate of drug-likeness (QED) is 0.336. The third-order valence-electron chi connectivity index (χ3n) is 6.03. The zero-order chi connectivity index (χ0) is 25.3. The molecule has 1 fully saturated rings. The van der Waals surface area contributed by atoms with E-state index in [-0.39, 0.29) is 28.3 Å². The molecule has 2 heterocycles. The molecular weight excluding hydrogens is 488 g/mol. The molecule has 36 heavy (non-hydrogen) atoms. The number of benzene rings is 2. The molecule has 2 aromatic carbocycles. The summed E-state index contributed by atoms with van der Waals surface area (Å²) >= 11 is 0. The summed E-state index contributed by atoms with van der Waals surface area (Å²) in [5.74, 6) is 0.849. The minimum absolute atomic E-state index is 0.0236. The normalized spacial score (nSPS) is 13.9. The van der Waals surface area contributed by atoms with E-state index < -0.39 is 10.0 Å². The smallest absolute Gasteiger partial charge is 0.270 e. The van der Waals surface area contributed by atoms with Crippen molar-refractivity contribution in [2.45, 2.75) is 36.8 Å². The van der Waals surface area contributed by atoms with Gasteiger partial charge in [0.25, 0.3) is 10.0 Å². The van der Waals surface area contributed by atoms with Crippen LogP contribution in [0.25, 0.3) is 11.0 Å². The first-order valence-electron chi connectivity index (χ1n) is 11.3. The van der Waals surface area contributed by atoms with Gasteiger partial charge in [-0.2, -0.15) is 5.10 Å². The molecule has 0 aliphatic heterocycles. The van der Waals surface area contributed by atoms with E-state index in [0.29, 0.717) is 29.0 Å². The van der Waals surface area contributed by atoms with Crippen LogP contribution in [-0.2, 0) is 16.6 Å². The predicted octanol–water partition coefficient (Wildman–Crippen LogP) is 3.83. The van der Waals surface area contributed by atoms with Crippen LogP contribution in [0.4, 0.5) is 5.82 Å². The summed E-state index contributed by atoms with van der Waals surface area (Å²) in [5, 5.41) is 8.56.